The van der Waals surface area contributed by atoms with Crippen LogP contribution in [0.25, 0.3) is 10.8 Å². The predicted molar refractivity (Wildman–Crippen MR) is 113 cm³/mol. The van der Waals surface area contributed by atoms with Crippen LogP contribution >= 0.6 is 0 Å². The van der Waals surface area contributed by atoms with Gasteiger partial charge in [0.15, 0.2) is 0 Å². The van der Waals surface area contributed by atoms with Gasteiger partial charge in [-0.1, -0.05) is 24.3 Å². The molecule has 0 atom stereocenters. The first-order chi connectivity index (χ1) is 12.2. The zero-order valence-corrected chi connectivity index (χ0v) is 17.1. The fraction of sp³-hybridized carbons (Fsp3) is 0.400. The van der Waals surface area contributed by atoms with Crippen LogP contribution in [-0.2, 0) is 0 Å². The van der Waals surface area contributed by atoms with Crippen LogP contribution in [0.15, 0.2) is 46.4 Å². The third kappa shape index (κ3) is 4.45. The number of benzene rings is 2. The first-order valence-corrected chi connectivity index (χ1v) is 8.60. The minimum Gasteiger partial charge on any atom is -0.349 e. The molecule has 0 aliphatic carbocycles. The molecule has 140 valence electrons. The quantitative estimate of drug-likeness (QED) is 0.614. The van der Waals surface area contributed by atoms with E-state index in [1.54, 1.807) is 0 Å². The van der Waals surface area contributed by atoms with Gasteiger partial charge in [0.1, 0.15) is 0 Å². The molecule has 0 spiro atoms. The molecule has 6 nitrogen and oxygen atoms in total. The first kappa shape index (κ1) is 19.6. The van der Waals surface area contributed by atoms with E-state index in [1.807, 2.05) is 94.2 Å². The average Bonchev–Trinajstić information content (AvgIpc) is 2.56. The summed E-state index contributed by atoms with van der Waals surface area (Å²) in [4.78, 5) is 17.8. The van der Waals surface area contributed by atoms with Crippen molar-refractivity contribution in [3.63, 3.8) is 0 Å². The number of rotatable bonds is 2. The third-order valence-corrected chi connectivity index (χ3v) is 3.87. The molecule has 0 fully saturated rings. The maximum atomic E-state index is 4.92. The number of aliphatic imine (C=N–C) groups is 2. The van der Waals surface area contributed by atoms with E-state index in [2.05, 4.69) is 18.2 Å². The van der Waals surface area contributed by atoms with Crippen molar-refractivity contribution in [3.8, 4) is 0 Å². The summed E-state index contributed by atoms with van der Waals surface area (Å²) in [7, 11) is 16.0. The van der Waals surface area contributed by atoms with E-state index < -0.39 is 0 Å². The van der Waals surface area contributed by atoms with Crippen LogP contribution < -0.4 is 0 Å². The summed E-state index contributed by atoms with van der Waals surface area (Å²) in [6, 6.07) is 12.4. The molecule has 0 saturated heterocycles. The molecule has 0 aromatic heterocycles. The van der Waals surface area contributed by atoms with Gasteiger partial charge in [0.05, 0.1) is 11.4 Å². The van der Waals surface area contributed by atoms with Crippen molar-refractivity contribution in [2.24, 2.45) is 9.98 Å². The zero-order valence-electron chi connectivity index (χ0n) is 17.1. The van der Waals surface area contributed by atoms with Crippen molar-refractivity contribution in [1.29, 1.82) is 0 Å². The van der Waals surface area contributed by atoms with Crippen LogP contribution in [0, 0.1) is 0 Å². The summed E-state index contributed by atoms with van der Waals surface area (Å²) in [5.41, 5.74) is 1.80. The maximum absolute atomic E-state index is 4.92. The number of hydrogen-bond donors (Lipinski definition) is 0. The van der Waals surface area contributed by atoms with E-state index in [0.717, 1.165) is 34.1 Å². The maximum Gasteiger partial charge on any atom is 0.200 e. The molecule has 6 heteroatoms. The summed E-state index contributed by atoms with van der Waals surface area (Å²) in [6.45, 7) is 0. The van der Waals surface area contributed by atoms with Gasteiger partial charge in [-0.15, -0.1) is 0 Å². The molecule has 2 rings (SSSR count). The van der Waals surface area contributed by atoms with Gasteiger partial charge in [0.25, 0.3) is 0 Å². The Kier molecular flexibility index (Phi) is 6.08. The molecule has 0 amide bonds. The topological polar surface area (TPSA) is 37.7 Å². The second-order valence-corrected chi connectivity index (χ2v) is 7.09. The van der Waals surface area contributed by atoms with Crippen LogP contribution in [0.5, 0.6) is 0 Å². The minimum absolute atomic E-state index is 0.885. The summed E-state index contributed by atoms with van der Waals surface area (Å²) >= 11 is 0. The lowest BCUT2D eigenvalue weighted by Gasteiger charge is -2.23. The van der Waals surface area contributed by atoms with Crippen molar-refractivity contribution in [2.45, 2.75) is 0 Å². The van der Waals surface area contributed by atoms with E-state index in [4.69, 9.17) is 9.98 Å². The highest BCUT2D eigenvalue weighted by Crippen LogP contribution is 2.32. The van der Waals surface area contributed by atoms with Crippen LogP contribution in [0.4, 0.5) is 11.4 Å². The van der Waals surface area contributed by atoms with E-state index in [9.17, 15) is 0 Å². The Hall–Kier alpha value is -2.76. The number of hydrogen-bond acceptors (Lipinski definition) is 2. The Balaban J connectivity index is 2.70. The van der Waals surface area contributed by atoms with Crippen LogP contribution in [0.2, 0.25) is 0 Å². The van der Waals surface area contributed by atoms with Crippen LogP contribution in [0.3, 0.4) is 0 Å². The standard InChI is InChI=1S/C20H30N6/c1-23(2)19(24(3)4)21-16-13-15-11-9-10-12-17(15)18(14-16)22-20(25(5)6)26(7)8/h9-14H,1-8H3. The first-order valence-electron chi connectivity index (χ1n) is 8.60. The fourth-order valence-electron chi connectivity index (χ4n) is 2.86. The lowest BCUT2D eigenvalue weighted by molar-refractivity contribution is 0.484. The Labute approximate surface area is 157 Å². The number of nitrogens with zero attached hydrogens (tertiary/aromatic N) is 6. The Bertz CT molecular complexity index is 798. The van der Waals surface area contributed by atoms with Gasteiger partial charge in [-0.2, -0.15) is 0 Å². The molecule has 0 saturated carbocycles. The largest absolute Gasteiger partial charge is 0.349 e. The zero-order chi connectivity index (χ0) is 19.4. The molecule has 26 heavy (non-hydrogen) atoms. The Morgan fingerprint density at radius 2 is 1.15 bits per heavy atom. The Morgan fingerprint density at radius 1 is 0.654 bits per heavy atom. The molecular weight excluding hydrogens is 324 g/mol. The Morgan fingerprint density at radius 3 is 1.69 bits per heavy atom. The van der Waals surface area contributed by atoms with Gasteiger partial charge in [-0.05, 0) is 17.5 Å². The van der Waals surface area contributed by atoms with Crippen molar-refractivity contribution in [3.05, 3.63) is 36.4 Å². The lowest BCUT2D eigenvalue weighted by atomic mass is 10.1. The molecule has 2 aromatic carbocycles. The monoisotopic (exact) mass is 354 g/mol. The molecule has 0 heterocycles. The molecule has 0 aliphatic rings. The lowest BCUT2D eigenvalue weighted by Crippen LogP contribution is -2.35. The van der Waals surface area contributed by atoms with Gasteiger partial charge in [-0.25, -0.2) is 9.98 Å². The van der Waals surface area contributed by atoms with Gasteiger partial charge >= 0.3 is 0 Å². The molecule has 0 radical (unpaired) electrons. The third-order valence-electron chi connectivity index (χ3n) is 3.87. The van der Waals surface area contributed by atoms with Crippen LogP contribution in [-0.4, -0.2) is 87.9 Å². The molecule has 2 aromatic rings. The van der Waals surface area contributed by atoms with E-state index in [1.165, 1.54) is 0 Å². The number of fused-ring (bicyclic) bond motifs is 1. The van der Waals surface area contributed by atoms with E-state index in [0.29, 0.717) is 0 Å². The number of guanidine groups is 2. The summed E-state index contributed by atoms with van der Waals surface area (Å²) in [6.07, 6.45) is 0. The van der Waals surface area contributed by atoms with Crippen molar-refractivity contribution in [1.82, 2.24) is 19.6 Å². The van der Waals surface area contributed by atoms with E-state index in [-0.39, 0.29) is 0 Å². The van der Waals surface area contributed by atoms with Gasteiger partial charge in [0.2, 0.25) is 11.9 Å². The average molecular weight is 355 g/mol. The second kappa shape index (κ2) is 8.08. The van der Waals surface area contributed by atoms with Gasteiger partial charge in [0, 0.05) is 61.8 Å². The van der Waals surface area contributed by atoms with Crippen molar-refractivity contribution in [2.75, 3.05) is 56.4 Å². The normalized spacial score (nSPS) is 10.3. The minimum atomic E-state index is 0.885. The predicted octanol–water partition coefficient (Wildman–Crippen LogP) is 3.06. The summed E-state index contributed by atoms with van der Waals surface area (Å²) in [5.74, 6) is 1.77. The smallest absolute Gasteiger partial charge is 0.200 e. The molecule has 0 bridgehead atoms. The van der Waals surface area contributed by atoms with Gasteiger partial charge < -0.3 is 19.6 Å². The van der Waals surface area contributed by atoms with Crippen molar-refractivity contribution < 1.29 is 0 Å². The van der Waals surface area contributed by atoms with Crippen molar-refractivity contribution >= 4 is 34.1 Å². The highest BCUT2D eigenvalue weighted by atomic mass is 15.3. The molecule has 0 aliphatic heterocycles. The molecule has 0 unspecified atom stereocenters. The fourth-order valence-corrected chi connectivity index (χ4v) is 2.86. The van der Waals surface area contributed by atoms with Crippen LogP contribution in [0.1, 0.15) is 0 Å². The van der Waals surface area contributed by atoms with Gasteiger partial charge in [-0.3, -0.25) is 0 Å². The highest BCUT2D eigenvalue weighted by molar-refractivity contribution is 5.98. The summed E-state index contributed by atoms with van der Waals surface area (Å²) in [5, 5.41) is 2.24. The molecular formula is C20H30N6. The van der Waals surface area contributed by atoms with E-state index >= 15 is 0 Å². The highest BCUT2D eigenvalue weighted by Gasteiger charge is 2.10. The molecule has 0 N–H and O–H groups in total. The second-order valence-electron chi connectivity index (χ2n) is 7.09. The summed E-state index contributed by atoms with van der Waals surface area (Å²) < 4.78 is 0. The SMILES string of the molecule is CN(C)C(=Nc1cc(N=C(N(C)C)N(C)C)c2ccccc2c1)N(C)C.